The molecule has 0 saturated carbocycles. The van der Waals surface area contributed by atoms with Crippen molar-refractivity contribution in [3.63, 3.8) is 0 Å². The lowest BCUT2D eigenvalue weighted by Gasteiger charge is -2.25. The quantitative estimate of drug-likeness (QED) is 0.435. The minimum absolute atomic E-state index is 0.102. The third-order valence-corrected chi connectivity index (χ3v) is 3.77. The highest BCUT2D eigenvalue weighted by atomic mass is 32.2. The number of carbonyl (C=O) groups excluding carboxylic acids is 1. The molecule has 0 N–H and O–H groups in total. The first-order valence-electron chi connectivity index (χ1n) is 6.31. The van der Waals surface area contributed by atoms with Crippen molar-refractivity contribution in [2.24, 2.45) is 0 Å². The van der Waals surface area contributed by atoms with Gasteiger partial charge >= 0.3 is 0 Å². The van der Waals surface area contributed by atoms with Crippen LogP contribution >= 0.6 is 0 Å². The predicted octanol–water partition coefficient (Wildman–Crippen LogP) is 0.655. The molecule has 0 heterocycles. The van der Waals surface area contributed by atoms with E-state index in [4.69, 9.17) is 9.47 Å². The van der Waals surface area contributed by atoms with Crippen molar-refractivity contribution in [2.45, 2.75) is 26.0 Å². The molecule has 1 amide bonds. The summed E-state index contributed by atoms with van der Waals surface area (Å²) in [5.41, 5.74) is 0. The van der Waals surface area contributed by atoms with Crippen molar-refractivity contribution in [3.8, 4) is 0 Å². The lowest BCUT2D eigenvalue weighted by Crippen LogP contribution is -2.44. The van der Waals surface area contributed by atoms with Gasteiger partial charge < -0.3 is 18.9 Å². The van der Waals surface area contributed by atoms with Crippen molar-refractivity contribution in [1.29, 1.82) is 0 Å². The van der Waals surface area contributed by atoms with Crippen LogP contribution < -0.4 is 0 Å². The Balaban J connectivity index is 4.28. The van der Waals surface area contributed by atoms with Crippen LogP contribution in [0.3, 0.4) is 0 Å². The number of hydrogen-bond acceptors (Lipinski definition) is 4. The molecule has 2 atom stereocenters. The highest BCUT2D eigenvalue weighted by Crippen LogP contribution is 2.04. The molecule has 5 nitrogen and oxygen atoms in total. The van der Waals surface area contributed by atoms with Gasteiger partial charge in [-0.2, -0.15) is 0 Å². The van der Waals surface area contributed by atoms with Crippen LogP contribution in [-0.2, 0) is 25.4 Å². The number of ether oxygens (including phenoxy) is 2. The van der Waals surface area contributed by atoms with E-state index in [1.807, 2.05) is 13.8 Å². The summed E-state index contributed by atoms with van der Waals surface area (Å²) >= 11 is -1.15. The summed E-state index contributed by atoms with van der Waals surface area (Å²) in [4.78, 5) is 13.8. The maximum Gasteiger partial charge on any atom is 0.275 e. The fourth-order valence-corrected chi connectivity index (χ4v) is 1.80. The van der Waals surface area contributed by atoms with Gasteiger partial charge in [0.1, 0.15) is 0 Å². The fourth-order valence-electron chi connectivity index (χ4n) is 1.37. The smallest absolute Gasteiger partial charge is 0.275 e. The molecule has 0 aliphatic rings. The monoisotopic (exact) mass is 279 g/mol. The second-order valence-corrected chi connectivity index (χ2v) is 5.56. The summed E-state index contributed by atoms with van der Waals surface area (Å²) < 4.78 is 21.9. The fraction of sp³-hybridized carbons (Fsp3) is 0.917. The number of carbonyl (C=O) groups is 1. The SMILES string of the molecule is CCOCCN(CCOCC)C(=O)C(C)[S+](C)[O-]. The normalized spacial score (nSPS) is 14.3. The van der Waals surface area contributed by atoms with E-state index in [1.165, 1.54) is 0 Å². The van der Waals surface area contributed by atoms with Crippen molar-refractivity contribution in [3.05, 3.63) is 0 Å². The molecule has 0 rings (SSSR count). The lowest BCUT2D eigenvalue weighted by molar-refractivity contribution is -0.132. The minimum Gasteiger partial charge on any atom is -0.616 e. The van der Waals surface area contributed by atoms with E-state index in [0.717, 1.165) is 0 Å². The first kappa shape index (κ1) is 17.7. The molecule has 0 aliphatic heterocycles. The van der Waals surface area contributed by atoms with E-state index in [2.05, 4.69) is 0 Å². The van der Waals surface area contributed by atoms with Gasteiger partial charge in [0.2, 0.25) is 0 Å². The Morgan fingerprint density at radius 3 is 2.00 bits per heavy atom. The van der Waals surface area contributed by atoms with Gasteiger partial charge in [0.05, 0.1) is 19.5 Å². The molecule has 0 aromatic carbocycles. The van der Waals surface area contributed by atoms with Crippen LogP contribution in [0.25, 0.3) is 0 Å². The van der Waals surface area contributed by atoms with Crippen LogP contribution in [0.15, 0.2) is 0 Å². The van der Waals surface area contributed by atoms with Crippen LogP contribution in [-0.4, -0.2) is 66.4 Å². The Labute approximate surface area is 113 Å². The van der Waals surface area contributed by atoms with Crippen LogP contribution in [0, 0.1) is 0 Å². The number of amides is 1. The van der Waals surface area contributed by atoms with Gasteiger partial charge in [0.25, 0.3) is 5.91 Å². The minimum atomic E-state index is -1.15. The predicted molar refractivity (Wildman–Crippen MR) is 73.1 cm³/mol. The third-order valence-electron chi connectivity index (χ3n) is 2.58. The van der Waals surface area contributed by atoms with E-state index in [9.17, 15) is 9.35 Å². The molecule has 0 aromatic rings. The summed E-state index contributed by atoms with van der Waals surface area (Å²) in [7, 11) is 0. The van der Waals surface area contributed by atoms with E-state index in [1.54, 1.807) is 18.1 Å². The van der Waals surface area contributed by atoms with E-state index < -0.39 is 16.4 Å². The molecule has 0 saturated heterocycles. The van der Waals surface area contributed by atoms with Crippen LogP contribution in [0.1, 0.15) is 20.8 Å². The highest BCUT2D eigenvalue weighted by Gasteiger charge is 2.26. The van der Waals surface area contributed by atoms with Crippen LogP contribution in [0.2, 0.25) is 0 Å². The average molecular weight is 279 g/mol. The van der Waals surface area contributed by atoms with E-state index >= 15 is 0 Å². The van der Waals surface area contributed by atoms with Gasteiger partial charge in [0.15, 0.2) is 5.25 Å². The second kappa shape index (κ2) is 10.6. The number of rotatable bonds is 10. The Morgan fingerprint density at radius 2 is 1.67 bits per heavy atom. The standard InChI is InChI=1S/C12H25NO4S/c1-5-16-9-7-13(8-10-17-6-2)12(14)11(3)18(4)15/h11H,5-10H2,1-4H3. The molecule has 0 radical (unpaired) electrons. The van der Waals surface area contributed by atoms with Crippen LogP contribution in [0.4, 0.5) is 0 Å². The van der Waals surface area contributed by atoms with Gasteiger partial charge in [-0.3, -0.25) is 4.79 Å². The number of nitrogens with zero attached hydrogens (tertiary/aromatic N) is 1. The van der Waals surface area contributed by atoms with Crippen molar-refractivity contribution >= 4 is 17.1 Å². The zero-order valence-electron chi connectivity index (χ0n) is 11.8. The van der Waals surface area contributed by atoms with Crippen molar-refractivity contribution < 1.29 is 18.8 Å². The van der Waals surface area contributed by atoms with E-state index in [0.29, 0.717) is 39.5 Å². The molecule has 0 spiro atoms. The topological polar surface area (TPSA) is 61.8 Å². The Hall–Kier alpha value is -0.300. The van der Waals surface area contributed by atoms with Gasteiger partial charge in [-0.05, 0) is 31.9 Å². The molecule has 0 aliphatic carbocycles. The molecule has 18 heavy (non-hydrogen) atoms. The summed E-state index contributed by atoms with van der Waals surface area (Å²) in [6, 6.07) is 0. The van der Waals surface area contributed by atoms with Gasteiger partial charge in [-0.25, -0.2) is 0 Å². The second-order valence-electron chi connectivity index (χ2n) is 3.86. The highest BCUT2D eigenvalue weighted by molar-refractivity contribution is 7.92. The van der Waals surface area contributed by atoms with E-state index in [-0.39, 0.29) is 5.91 Å². The Kier molecular flexibility index (Phi) is 10.4. The maximum absolute atomic E-state index is 12.1. The average Bonchev–Trinajstić information content (AvgIpc) is 2.35. The zero-order valence-corrected chi connectivity index (χ0v) is 12.6. The first-order valence-corrected chi connectivity index (χ1v) is 7.93. The van der Waals surface area contributed by atoms with Gasteiger partial charge in [-0.15, -0.1) is 0 Å². The largest absolute Gasteiger partial charge is 0.616 e. The zero-order chi connectivity index (χ0) is 14.0. The molecule has 0 fully saturated rings. The summed E-state index contributed by atoms with van der Waals surface area (Å²) in [6.45, 7) is 8.79. The van der Waals surface area contributed by atoms with Crippen molar-refractivity contribution in [1.82, 2.24) is 4.90 Å². The first-order chi connectivity index (χ1) is 8.54. The Morgan fingerprint density at radius 1 is 1.22 bits per heavy atom. The molecule has 2 unspecified atom stereocenters. The number of hydrogen-bond donors (Lipinski definition) is 0. The molecule has 0 aromatic heterocycles. The molecule has 0 bridgehead atoms. The Bertz CT molecular complexity index is 216. The van der Waals surface area contributed by atoms with Crippen molar-refractivity contribution in [2.75, 3.05) is 45.8 Å². The lowest BCUT2D eigenvalue weighted by atomic mass is 10.3. The summed E-state index contributed by atoms with van der Waals surface area (Å²) in [6.07, 6.45) is 1.55. The molecular weight excluding hydrogens is 254 g/mol. The van der Waals surface area contributed by atoms with Gasteiger partial charge in [-0.1, -0.05) is 0 Å². The molecular formula is C12H25NO4S. The summed E-state index contributed by atoms with van der Waals surface area (Å²) in [5.74, 6) is -0.102. The molecule has 6 heteroatoms. The maximum atomic E-state index is 12.1. The van der Waals surface area contributed by atoms with Gasteiger partial charge in [0, 0.05) is 26.3 Å². The molecule has 108 valence electrons. The summed E-state index contributed by atoms with van der Waals surface area (Å²) in [5, 5.41) is -0.478. The van der Waals surface area contributed by atoms with Crippen LogP contribution in [0.5, 0.6) is 0 Å². The third kappa shape index (κ3) is 7.20.